The van der Waals surface area contributed by atoms with Crippen molar-refractivity contribution in [3.63, 3.8) is 0 Å². The Bertz CT molecular complexity index is 683. The summed E-state index contributed by atoms with van der Waals surface area (Å²) in [6, 6.07) is 9.94. The van der Waals surface area contributed by atoms with Crippen LogP contribution in [0.15, 0.2) is 36.5 Å². The quantitative estimate of drug-likeness (QED) is 0.927. The summed E-state index contributed by atoms with van der Waals surface area (Å²) in [4.78, 5) is 15.1. The van der Waals surface area contributed by atoms with E-state index in [2.05, 4.69) is 10.2 Å². The summed E-state index contributed by atoms with van der Waals surface area (Å²) in [5.74, 6) is 1.40. The van der Waals surface area contributed by atoms with Crippen LogP contribution in [0.25, 0.3) is 0 Å². The summed E-state index contributed by atoms with van der Waals surface area (Å²) in [7, 11) is 0. The smallest absolute Gasteiger partial charge is 0.230 e. The fraction of sp³-hybridized carbons (Fsp3) is 0.444. The van der Waals surface area contributed by atoms with Gasteiger partial charge in [-0.05, 0) is 31.4 Å². The molecule has 120 valence electrons. The highest BCUT2D eigenvalue weighted by Gasteiger charge is 2.33. The number of fused-ring (bicyclic) bond motifs is 1. The Balaban J connectivity index is 1.53. The van der Waals surface area contributed by atoms with Gasteiger partial charge in [-0.3, -0.25) is 9.89 Å². The lowest BCUT2D eigenvalue weighted by molar-refractivity contribution is -0.134. The van der Waals surface area contributed by atoms with Crippen LogP contribution in [0.4, 0.5) is 0 Å². The first-order valence-corrected chi connectivity index (χ1v) is 8.32. The van der Waals surface area contributed by atoms with Crippen LogP contribution in [0.3, 0.4) is 0 Å². The molecule has 1 amide bonds. The zero-order valence-corrected chi connectivity index (χ0v) is 13.1. The second-order valence-electron chi connectivity index (χ2n) is 6.36. The number of aromatic amines is 1. The summed E-state index contributed by atoms with van der Waals surface area (Å²) in [6.45, 7) is 2.24. The van der Waals surface area contributed by atoms with Gasteiger partial charge in [0.15, 0.2) is 0 Å². The summed E-state index contributed by atoms with van der Waals surface area (Å²) in [5, 5.41) is 7.10. The van der Waals surface area contributed by atoms with Crippen molar-refractivity contribution in [2.45, 2.75) is 31.1 Å². The number of nitrogens with one attached hydrogen (secondary N) is 1. The molecule has 0 saturated carbocycles. The Morgan fingerprint density at radius 2 is 2.17 bits per heavy atom. The SMILES string of the molecule is O=C([C@@H]1CCOc2ccccc21)N1CCC[C@@H](c2ccn[nH]2)C1. The summed E-state index contributed by atoms with van der Waals surface area (Å²) < 4.78 is 5.69. The molecule has 23 heavy (non-hydrogen) atoms. The molecular formula is C18H21N3O2. The van der Waals surface area contributed by atoms with E-state index in [0.717, 1.165) is 49.4 Å². The molecular weight excluding hydrogens is 290 g/mol. The van der Waals surface area contributed by atoms with E-state index < -0.39 is 0 Å². The molecule has 1 aromatic heterocycles. The molecule has 3 heterocycles. The molecule has 1 N–H and O–H groups in total. The molecule has 0 unspecified atom stereocenters. The van der Waals surface area contributed by atoms with Crippen molar-refractivity contribution in [3.05, 3.63) is 47.8 Å². The number of nitrogens with zero attached hydrogens (tertiary/aromatic N) is 2. The van der Waals surface area contributed by atoms with Crippen molar-refractivity contribution in [1.82, 2.24) is 15.1 Å². The van der Waals surface area contributed by atoms with E-state index in [0.29, 0.717) is 12.5 Å². The van der Waals surface area contributed by atoms with Crippen molar-refractivity contribution >= 4 is 5.91 Å². The van der Waals surface area contributed by atoms with Crippen LogP contribution in [0, 0.1) is 0 Å². The average Bonchev–Trinajstić information content (AvgIpc) is 3.15. The highest BCUT2D eigenvalue weighted by molar-refractivity contribution is 5.85. The van der Waals surface area contributed by atoms with Crippen LogP contribution in [0.5, 0.6) is 5.75 Å². The molecule has 2 aliphatic rings. The molecule has 0 bridgehead atoms. The number of hydrogen-bond donors (Lipinski definition) is 1. The van der Waals surface area contributed by atoms with Crippen LogP contribution in [-0.4, -0.2) is 40.7 Å². The van der Waals surface area contributed by atoms with Gasteiger partial charge in [0.1, 0.15) is 5.75 Å². The Labute approximate surface area is 135 Å². The Kier molecular flexibility index (Phi) is 3.77. The third-order valence-electron chi connectivity index (χ3n) is 4.95. The topological polar surface area (TPSA) is 58.2 Å². The summed E-state index contributed by atoms with van der Waals surface area (Å²) >= 11 is 0. The van der Waals surface area contributed by atoms with E-state index in [1.54, 1.807) is 6.20 Å². The van der Waals surface area contributed by atoms with E-state index in [4.69, 9.17) is 4.74 Å². The minimum Gasteiger partial charge on any atom is -0.493 e. The molecule has 2 atom stereocenters. The lowest BCUT2D eigenvalue weighted by atomic mass is 9.89. The van der Waals surface area contributed by atoms with Gasteiger partial charge in [0.2, 0.25) is 5.91 Å². The normalized spacial score (nSPS) is 23.9. The van der Waals surface area contributed by atoms with Crippen LogP contribution >= 0.6 is 0 Å². The number of para-hydroxylation sites is 1. The van der Waals surface area contributed by atoms with Gasteiger partial charge in [-0.1, -0.05) is 18.2 Å². The van der Waals surface area contributed by atoms with Crippen molar-refractivity contribution < 1.29 is 9.53 Å². The number of aromatic nitrogens is 2. The maximum absolute atomic E-state index is 13.1. The number of H-pyrrole nitrogens is 1. The molecule has 1 saturated heterocycles. The van der Waals surface area contributed by atoms with Gasteiger partial charge in [-0.25, -0.2) is 0 Å². The van der Waals surface area contributed by atoms with E-state index in [-0.39, 0.29) is 11.8 Å². The molecule has 2 aliphatic heterocycles. The van der Waals surface area contributed by atoms with Gasteiger partial charge in [0.25, 0.3) is 0 Å². The van der Waals surface area contributed by atoms with Crippen molar-refractivity contribution in [2.24, 2.45) is 0 Å². The molecule has 1 fully saturated rings. The molecule has 0 radical (unpaired) electrons. The molecule has 5 nitrogen and oxygen atoms in total. The molecule has 5 heteroatoms. The van der Waals surface area contributed by atoms with Crippen molar-refractivity contribution in [1.29, 1.82) is 0 Å². The van der Waals surface area contributed by atoms with Crippen LogP contribution in [0.2, 0.25) is 0 Å². The molecule has 0 aliphatic carbocycles. The van der Waals surface area contributed by atoms with E-state index >= 15 is 0 Å². The highest BCUT2D eigenvalue weighted by atomic mass is 16.5. The van der Waals surface area contributed by atoms with Gasteiger partial charge in [0.05, 0.1) is 12.5 Å². The molecule has 1 aromatic carbocycles. The maximum Gasteiger partial charge on any atom is 0.230 e. The number of carbonyl (C=O) groups excluding carboxylic acids is 1. The minimum atomic E-state index is -0.0690. The number of piperidine rings is 1. The number of benzene rings is 1. The molecule has 0 spiro atoms. The number of carbonyl (C=O) groups is 1. The standard InChI is InChI=1S/C18H21N3O2/c22-18(15-8-11-23-17-6-2-1-5-14(15)17)21-10-3-4-13(12-21)16-7-9-19-20-16/h1-2,5-7,9,13,15H,3-4,8,10-12H2,(H,19,20)/t13-,15-/m1/s1. The average molecular weight is 311 g/mol. The van der Waals surface area contributed by atoms with Gasteiger partial charge in [-0.15, -0.1) is 0 Å². The zero-order chi connectivity index (χ0) is 15.6. The number of amides is 1. The summed E-state index contributed by atoms with van der Waals surface area (Å²) in [5.41, 5.74) is 2.17. The molecule has 2 aromatic rings. The predicted octanol–water partition coefficient (Wildman–Crippen LogP) is 2.68. The Hall–Kier alpha value is -2.30. The first-order valence-electron chi connectivity index (χ1n) is 8.32. The second-order valence-corrected chi connectivity index (χ2v) is 6.36. The summed E-state index contributed by atoms with van der Waals surface area (Å²) in [6.07, 6.45) is 4.70. The fourth-order valence-electron chi connectivity index (χ4n) is 3.74. The van der Waals surface area contributed by atoms with Gasteiger partial charge >= 0.3 is 0 Å². The van der Waals surface area contributed by atoms with Gasteiger partial charge in [0, 0.05) is 36.5 Å². The third-order valence-corrected chi connectivity index (χ3v) is 4.95. The van der Waals surface area contributed by atoms with E-state index in [1.807, 2.05) is 35.2 Å². The van der Waals surface area contributed by atoms with Gasteiger partial charge < -0.3 is 9.64 Å². The number of likely N-dealkylation sites (tertiary alicyclic amines) is 1. The van der Waals surface area contributed by atoms with Crippen molar-refractivity contribution in [2.75, 3.05) is 19.7 Å². The first-order chi connectivity index (χ1) is 11.3. The van der Waals surface area contributed by atoms with Crippen molar-refractivity contribution in [3.8, 4) is 5.75 Å². The van der Waals surface area contributed by atoms with Crippen LogP contribution in [0.1, 0.15) is 42.4 Å². The second kappa shape index (κ2) is 6.07. The zero-order valence-electron chi connectivity index (χ0n) is 13.1. The lowest BCUT2D eigenvalue weighted by Gasteiger charge is -2.36. The third kappa shape index (κ3) is 2.71. The first kappa shape index (κ1) is 14.3. The number of ether oxygens (including phenoxy) is 1. The molecule has 4 rings (SSSR count). The van der Waals surface area contributed by atoms with E-state index in [9.17, 15) is 4.79 Å². The maximum atomic E-state index is 13.1. The highest BCUT2D eigenvalue weighted by Crippen LogP contribution is 2.36. The van der Waals surface area contributed by atoms with Crippen LogP contribution in [-0.2, 0) is 4.79 Å². The largest absolute Gasteiger partial charge is 0.493 e. The van der Waals surface area contributed by atoms with Crippen LogP contribution < -0.4 is 4.74 Å². The lowest BCUT2D eigenvalue weighted by Crippen LogP contribution is -2.42. The Morgan fingerprint density at radius 1 is 1.26 bits per heavy atom. The monoisotopic (exact) mass is 311 g/mol. The fourth-order valence-corrected chi connectivity index (χ4v) is 3.74. The minimum absolute atomic E-state index is 0.0690. The number of hydrogen-bond acceptors (Lipinski definition) is 3. The number of rotatable bonds is 2. The Morgan fingerprint density at radius 3 is 3.04 bits per heavy atom. The van der Waals surface area contributed by atoms with E-state index in [1.165, 1.54) is 0 Å². The van der Waals surface area contributed by atoms with Gasteiger partial charge in [-0.2, -0.15) is 5.10 Å². The predicted molar refractivity (Wildman–Crippen MR) is 86.4 cm³/mol.